The number of morpholine rings is 1. The second kappa shape index (κ2) is 7.69. The van der Waals surface area contributed by atoms with E-state index in [2.05, 4.69) is 20.2 Å². The van der Waals surface area contributed by atoms with Crippen molar-refractivity contribution in [1.82, 2.24) is 14.9 Å². The number of rotatable bonds is 6. The molecule has 1 saturated heterocycles. The number of sulfone groups is 1. The van der Waals surface area contributed by atoms with Crippen LogP contribution in [0.15, 0.2) is 47.6 Å². The van der Waals surface area contributed by atoms with Crippen molar-refractivity contribution in [1.29, 1.82) is 0 Å². The lowest BCUT2D eigenvalue weighted by Gasteiger charge is -2.26. The van der Waals surface area contributed by atoms with E-state index in [1.807, 2.05) is 0 Å². The maximum atomic E-state index is 12.6. The highest BCUT2D eigenvalue weighted by Gasteiger charge is 2.18. The zero-order chi connectivity index (χ0) is 16.8. The molecule has 1 aliphatic rings. The summed E-state index contributed by atoms with van der Waals surface area (Å²) < 4.78 is 30.4. The fraction of sp³-hybridized carbons (Fsp3) is 0.375. The molecule has 8 heteroatoms. The largest absolute Gasteiger partial charge is 0.379 e. The van der Waals surface area contributed by atoms with Crippen LogP contribution in [0.2, 0.25) is 0 Å². The fourth-order valence-electron chi connectivity index (χ4n) is 2.45. The van der Waals surface area contributed by atoms with E-state index in [9.17, 15) is 8.42 Å². The summed E-state index contributed by atoms with van der Waals surface area (Å²) in [4.78, 5) is 10.6. The van der Waals surface area contributed by atoms with E-state index in [0.717, 1.165) is 13.1 Å². The van der Waals surface area contributed by atoms with Gasteiger partial charge >= 0.3 is 0 Å². The van der Waals surface area contributed by atoms with Crippen LogP contribution in [0.5, 0.6) is 0 Å². The Bertz CT molecular complexity index is 762. The summed E-state index contributed by atoms with van der Waals surface area (Å²) in [5, 5.41) is 3.01. The van der Waals surface area contributed by atoms with Gasteiger partial charge in [0.05, 0.1) is 23.9 Å². The first-order valence-corrected chi connectivity index (χ1v) is 9.46. The molecule has 0 radical (unpaired) electrons. The maximum absolute atomic E-state index is 12.6. The number of hydrogen-bond donors (Lipinski definition) is 1. The van der Waals surface area contributed by atoms with Gasteiger partial charge in [-0.1, -0.05) is 6.07 Å². The molecular formula is C16H20N4O3S. The van der Waals surface area contributed by atoms with Gasteiger partial charge in [-0.25, -0.2) is 18.4 Å². The summed E-state index contributed by atoms with van der Waals surface area (Å²) in [7, 11) is -3.34. The number of aromatic nitrogens is 2. The van der Waals surface area contributed by atoms with Crippen molar-refractivity contribution in [3.05, 3.63) is 42.7 Å². The average Bonchev–Trinajstić information content (AvgIpc) is 2.62. The van der Waals surface area contributed by atoms with Crippen molar-refractivity contribution in [2.24, 2.45) is 0 Å². The zero-order valence-electron chi connectivity index (χ0n) is 13.3. The van der Waals surface area contributed by atoms with Gasteiger partial charge in [0.2, 0.25) is 5.95 Å². The summed E-state index contributed by atoms with van der Waals surface area (Å²) in [6.07, 6.45) is 3.25. The van der Waals surface area contributed by atoms with Crippen molar-refractivity contribution in [3.63, 3.8) is 0 Å². The van der Waals surface area contributed by atoms with Gasteiger partial charge in [-0.2, -0.15) is 0 Å². The molecule has 1 aliphatic heterocycles. The fourth-order valence-corrected chi connectivity index (χ4v) is 3.78. The molecule has 0 spiro atoms. The van der Waals surface area contributed by atoms with E-state index in [1.54, 1.807) is 42.7 Å². The van der Waals surface area contributed by atoms with Gasteiger partial charge in [0, 0.05) is 37.7 Å². The first kappa shape index (κ1) is 16.8. The molecule has 0 aliphatic carbocycles. The second-order valence-corrected chi connectivity index (χ2v) is 7.61. The lowest BCUT2D eigenvalue weighted by atomic mass is 10.3. The van der Waals surface area contributed by atoms with Crippen LogP contribution in [0.4, 0.5) is 11.6 Å². The summed E-state index contributed by atoms with van der Waals surface area (Å²) in [5.74, 6) is 0.526. The van der Waals surface area contributed by atoms with Gasteiger partial charge < -0.3 is 10.1 Å². The van der Waals surface area contributed by atoms with Gasteiger partial charge in [-0.3, -0.25) is 4.90 Å². The molecule has 2 aromatic rings. The van der Waals surface area contributed by atoms with Crippen molar-refractivity contribution in [3.8, 4) is 0 Å². The number of nitrogens with one attached hydrogen (secondary N) is 1. The molecule has 3 rings (SSSR count). The number of ether oxygens (including phenoxy) is 1. The van der Waals surface area contributed by atoms with Gasteiger partial charge in [0.25, 0.3) is 0 Å². The van der Waals surface area contributed by atoms with Crippen LogP contribution in [0, 0.1) is 0 Å². The molecule has 1 aromatic carbocycles. The Hall–Kier alpha value is -2.03. The van der Waals surface area contributed by atoms with E-state index < -0.39 is 9.84 Å². The Morgan fingerprint density at radius 2 is 1.88 bits per heavy atom. The van der Waals surface area contributed by atoms with Crippen LogP contribution in [-0.4, -0.2) is 61.9 Å². The van der Waals surface area contributed by atoms with Gasteiger partial charge in [0.1, 0.15) is 0 Å². The highest BCUT2D eigenvalue weighted by molar-refractivity contribution is 7.91. The summed E-state index contributed by atoms with van der Waals surface area (Å²) >= 11 is 0. The standard InChI is InChI=1S/C16H20N4O3S/c21-24(22,12-9-20-7-10-23-11-8-20)15-4-1-3-14(13-15)19-16-17-5-2-6-18-16/h1-6,13H,7-12H2,(H,17,18,19). The van der Waals surface area contributed by atoms with Crippen LogP contribution in [0.3, 0.4) is 0 Å². The molecule has 0 atom stereocenters. The monoisotopic (exact) mass is 348 g/mol. The third kappa shape index (κ3) is 4.50. The summed E-state index contributed by atoms with van der Waals surface area (Å²) in [5.41, 5.74) is 0.647. The average molecular weight is 348 g/mol. The SMILES string of the molecule is O=S(=O)(CCN1CCOCC1)c1cccc(Nc2ncccn2)c1. The number of benzene rings is 1. The first-order valence-electron chi connectivity index (χ1n) is 7.80. The Labute approximate surface area is 141 Å². The maximum Gasteiger partial charge on any atom is 0.227 e. The quantitative estimate of drug-likeness (QED) is 0.843. The molecule has 0 bridgehead atoms. The highest BCUT2D eigenvalue weighted by atomic mass is 32.2. The van der Waals surface area contributed by atoms with Crippen LogP contribution >= 0.6 is 0 Å². The van der Waals surface area contributed by atoms with Crippen LogP contribution < -0.4 is 5.32 Å². The van der Waals surface area contributed by atoms with Gasteiger partial charge in [0.15, 0.2) is 9.84 Å². The molecule has 1 aromatic heterocycles. The predicted molar refractivity (Wildman–Crippen MR) is 91.1 cm³/mol. The minimum Gasteiger partial charge on any atom is -0.379 e. The highest BCUT2D eigenvalue weighted by Crippen LogP contribution is 2.19. The van der Waals surface area contributed by atoms with Crippen molar-refractivity contribution < 1.29 is 13.2 Å². The molecule has 2 heterocycles. The van der Waals surface area contributed by atoms with Crippen molar-refractivity contribution >= 4 is 21.5 Å². The third-order valence-corrected chi connectivity index (χ3v) is 5.49. The molecular weight excluding hydrogens is 328 g/mol. The lowest BCUT2D eigenvalue weighted by Crippen LogP contribution is -2.39. The van der Waals surface area contributed by atoms with Gasteiger partial charge in [-0.15, -0.1) is 0 Å². The Morgan fingerprint density at radius 3 is 2.62 bits per heavy atom. The van der Waals surface area contributed by atoms with Crippen LogP contribution in [0.25, 0.3) is 0 Å². The van der Waals surface area contributed by atoms with Crippen molar-refractivity contribution in [2.75, 3.05) is 43.9 Å². The minimum atomic E-state index is -3.34. The summed E-state index contributed by atoms with van der Waals surface area (Å²) in [6.45, 7) is 3.41. The minimum absolute atomic E-state index is 0.0955. The van der Waals surface area contributed by atoms with Crippen LogP contribution in [0.1, 0.15) is 0 Å². The van der Waals surface area contributed by atoms with Crippen molar-refractivity contribution in [2.45, 2.75) is 4.90 Å². The van der Waals surface area contributed by atoms with Crippen LogP contribution in [-0.2, 0) is 14.6 Å². The molecule has 24 heavy (non-hydrogen) atoms. The Kier molecular flexibility index (Phi) is 5.39. The van der Waals surface area contributed by atoms with E-state index in [1.165, 1.54) is 0 Å². The normalized spacial score (nSPS) is 16.0. The van der Waals surface area contributed by atoms with E-state index in [-0.39, 0.29) is 5.75 Å². The van der Waals surface area contributed by atoms with E-state index in [4.69, 9.17) is 4.74 Å². The molecule has 1 N–H and O–H groups in total. The summed E-state index contributed by atoms with van der Waals surface area (Å²) in [6, 6.07) is 8.46. The number of nitrogens with zero attached hydrogens (tertiary/aromatic N) is 3. The lowest BCUT2D eigenvalue weighted by molar-refractivity contribution is 0.0408. The molecule has 0 unspecified atom stereocenters. The van der Waals surface area contributed by atoms with E-state index in [0.29, 0.717) is 36.3 Å². The smallest absolute Gasteiger partial charge is 0.227 e. The topological polar surface area (TPSA) is 84.4 Å². The molecule has 128 valence electrons. The number of hydrogen-bond acceptors (Lipinski definition) is 7. The predicted octanol–water partition coefficient (Wildman–Crippen LogP) is 1.33. The van der Waals surface area contributed by atoms with E-state index >= 15 is 0 Å². The zero-order valence-corrected chi connectivity index (χ0v) is 14.1. The molecule has 7 nitrogen and oxygen atoms in total. The Morgan fingerprint density at radius 1 is 1.12 bits per heavy atom. The second-order valence-electron chi connectivity index (χ2n) is 5.50. The molecule has 0 saturated carbocycles. The first-order chi connectivity index (χ1) is 11.6. The molecule has 1 fully saturated rings. The number of anilines is 2. The molecule has 0 amide bonds. The van der Waals surface area contributed by atoms with Gasteiger partial charge in [-0.05, 0) is 24.3 Å². The Balaban J connectivity index is 1.67. The third-order valence-electron chi connectivity index (χ3n) is 3.80.